The van der Waals surface area contributed by atoms with Gasteiger partial charge in [-0.05, 0) is 49.1 Å². The average Bonchev–Trinajstić information content (AvgIpc) is 3.23. The summed E-state index contributed by atoms with van der Waals surface area (Å²) in [6.07, 6.45) is 3.90. The van der Waals surface area contributed by atoms with E-state index in [4.69, 9.17) is 4.42 Å². The summed E-state index contributed by atoms with van der Waals surface area (Å²) in [5, 5.41) is 5.46. The Morgan fingerprint density at radius 3 is 2.79 bits per heavy atom. The number of hydrogen-bond donors (Lipinski definition) is 2. The van der Waals surface area contributed by atoms with Gasteiger partial charge in [-0.25, -0.2) is 0 Å². The zero-order valence-electron chi connectivity index (χ0n) is 15.9. The highest BCUT2D eigenvalue weighted by atomic mass is 16.3. The van der Waals surface area contributed by atoms with E-state index in [1.165, 1.54) is 6.26 Å². The van der Waals surface area contributed by atoms with Crippen molar-refractivity contribution < 1.29 is 18.8 Å². The molecule has 2 heterocycles. The molecule has 1 aromatic heterocycles. The molecule has 7 heteroatoms. The Balaban J connectivity index is 1.49. The average molecular weight is 383 g/mol. The first-order valence-corrected chi connectivity index (χ1v) is 9.54. The van der Waals surface area contributed by atoms with E-state index in [-0.39, 0.29) is 36.4 Å². The number of hydrogen-bond acceptors (Lipinski definition) is 4. The van der Waals surface area contributed by atoms with Gasteiger partial charge in [0, 0.05) is 37.3 Å². The first-order valence-electron chi connectivity index (χ1n) is 9.54. The number of anilines is 1. The summed E-state index contributed by atoms with van der Waals surface area (Å²) in [5.74, 6) is 0.135. The molecule has 1 fully saturated rings. The number of carbonyl (C=O) groups is 3. The number of nitrogens with one attached hydrogen (secondary N) is 2. The second-order valence-electron chi connectivity index (χ2n) is 7.11. The van der Waals surface area contributed by atoms with E-state index >= 15 is 0 Å². The molecule has 0 spiro atoms. The van der Waals surface area contributed by atoms with E-state index in [2.05, 4.69) is 17.6 Å². The summed E-state index contributed by atoms with van der Waals surface area (Å²) < 4.78 is 5.05. The van der Waals surface area contributed by atoms with E-state index in [1.807, 2.05) is 4.90 Å². The van der Waals surface area contributed by atoms with Gasteiger partial charge in [0.25, 0.3) is 11.8 Å². The van der Waals surface area contributed by atoms with Gasteiger partial charge in [0.1, 0.15) is 0 Å². The maximum Gasteiger partial charge on any atom is 0.291 e. The minimum atomic E-state index is -0.385. The molecule has 0 saturated carbocycles. The quantitative estimate of drug-likeness (QED) is 0.802. The molecule has 1 saturated heterocycles. The summed E-state index contributed by atoms with van der Waals surface area (Å²) in [5.41, 5.74) is 0.906. The number of rotatable bonds is 6. The third-order valence-corrected chi connectivity index (χ3v) is 4.76. The fourth-order valence-electron chi connectivity index (χ4n) is 3.30. The highest BCUT2D eigenvalue weighted by molar-refractivity contribution is 6.03. The first-order chi connectivity index (χ1) is 13.5. The summed E-state index contributed by atoms with van der Waals surface area (Å²) in [6.45, 7) is 4.03. The largest absolute Gasteiger partial charge is 0.459 e. The molecule has 3 amide bonds. The van der Waals surface area contributed by atoms with Crippen LogP contribution in [0.3, 0.4) is 0 Å². The summed E-state index contributed by atoms with van der Waals surface area (Å²) in [7, 11) is 0. The molecule has 2 aromatic rings. The monoisotopic (exact) mass is 383 g/mol. The van der Waals surface area contributed by atoms with E-state index in [1.54, 1.807) is 36.4 Å². The molecule has 0 bridgehead atoms. The van der Waals surface area contributed by atoms with Crippen LogP contribution >= 0.6 is 0 Å². The van der Waals surface area contributed by atoms with Crippen molar-refractivity contribution in [3.63, 3.8) is 0 Å². The van der Waals surface area contributed by atoms with Crippen molar-refractivity contribution in [3.05, 3.63) is 54.0 Å². The highest BCUT2D eigenvalue weighted by Gasteiger charge is 2.20. The van der Waals surface area contributed by atoms with Crippen LogP contribution < -0.4 is 10.6 Å². The Labute approximate surface area is 164 Å². The van der Waals surface area contributed by atoms with E-state index < -0.39 is 0 Å². The molecule has 1 aromatic carbocycles. The molecule has 1 unspecified atom stereocenters. The fraction of sp³-hybridized carbons (Fsp3) is 0.381. The Hall–Kier alpha value is -3.09. The summed E-state index contributed by atoms with van der Waals surface area (Å²) >= 11 is 0. The van der Waals surface area contributed by atoms with Gasteiger partial charge >= 0.3 is 0 Å². The maximum absolute atomic E-state index is 12.4. The third-order valence-electron chi connectivity index (χ3n) is 4.76. The normalized spacial score (nSPS) is 16.5. The molecule has 1 aliphatic heterocycles. The number of furan rings is 1. The lowest BCUT2D eigenvalue weighted by atomic mass is 10.00. The Kier molecular flexibility index (Phi) is 6.47. The molecule has 3 rings (SSSR count). The van der Waals surface area contributed by atoms with Crippen LogP contribution in [-0.4, -0.2) is 42.3 Å². The SMILES string of the molecule is CC1CCCN(C(=O)CCNC(=O)c2cccc(NC(=O)c3ccco3)c2)C1. The van der Waals surface area contributed by atoms with E-state index in [0.29, 0.717) is 17.2 Å². The van der Waals surface area contributed by atoms with Gasteiger partial charge in [-0.1, -0.05) is 13.0 Å². The Bertz CT molecular complexity index is 832. The number of likely N-dealkylation sites (tertiary alicyclic amines) is 1. The second-order valence-corrected chi connectivity index (χ2v) is 7.11. The molecule has 28 heavy (non-hydrogen) atoms. The Morgan fingerprint density at radius 2 is 2.04 bits per heavy atom. The van der Waals surface area contributed by atoms with Crippen LogP contribution in [-0.2, 0) is 4.79 Å². The highest BCUT2D eigenvalue weighted by Crippen LogP contribution is 2.16. The fourth-order valence-corrected chi connectivity index (χ4v) is 3.30. The standard InChI is InChI=1S/C21H25N3O4/c1-15-5-3-11-24(14-15)19(25)9-10-22-20(26)16-6-2-7-17(13-16)23-21(27)18-8-4-12-28-18/h2,4,6-8,12-13,15H,3,5,9-11,14H2,1H3,(H,22,26)(H,23,27). The zero-order chi connectivity index (χ0) is 19.9. The lowest BCUT2D eigenvalue weighted by molar-refractivity contribution is -0.132. The predicted octanol–water partition coefficient (Wildman–Crippen LogP) is 2.91. The lowest BCUT2D eigenvalue weighted by Crippen LogP contribution is -2.40. The van der Waals surface area contributed by atoms with Gasteiger partial charge in [-0.3, -0.25) is 14.4 Å². The van der Waals surface area contributed by atoms with Gasteiger partial charge in [0.15, 0.2) is 5.76 Å². The van der Waals surface area contributed by atoms with Crippen molar-refractivity contribution in [2.75, 3.05) is 25.0 Å². The van der Waals surface area contributed by atoms with Gasteiger partial charge in [-0.2, -0.15) is 0 Å². The molecule has 0 aliphatic carbocycles. The van der Waals surface area contributed by atoms with Crippen LogP contribution in [0.25, 0.3) is 0 Å². The molecule has 1 aliphatic rings. The number of benzene rings is 1. The van der Waals surface area contributed by atoms with Crippen molar-refractivity contribution in [2.45, 2.75) is 26.2 Å². The molecule has 148 valence electrons. The number of piperidine rings is 1. The van der Waals surface area contributed by atoms with Crippen LogP contribution in [0, 0.1) is 5.92 Å². The molecule has 0 radical (unpaired) electrons. The van der Waals surface area contributed by atoms with E-state index in [0.717, 1.165) is 25.9 Å². The third kappa shape index (κ3) is 5.22. The predicted molar refractivity (Wildman–Crippen MR) is 105 cm³/mol. The smallest absolute Gasteiger partial charge is 0.291 e. The van der Waals surface area contributed by atoms with Crippen molar-refractivity contribution in [3.8, 4) is 0 Å². The van der Waals surface area contributed by atoms with Crippen molar-refractivity contribution in [1.82, 2.24) is 10.2 Å². The van der Waals surface area contributed by atoms with Gasteiger partial charge in [0.2, 0.25) is 5.91 Å². The first kappa shape index (κ1) is 19.7. The number of amides is 3. The summed E-state index contributed by atoms with van der Waals surface area (Å²) in [4.78, 5) is 38.5. The zero-order valence-corrected chi connectivity index (χ0v) is 15.9. The number of carbonyl (C=O) groups excluding carboxylic acids is 3. The van der Waals surface area contributed by atoms with Gasteiger partial charge < -0.3 is 20.0 Å². The van der Waals surface area contributed by atoms with Crippen LogP contribution in [0.2, 0.25) is 0 Å². The number of nitrogens with zero attached hydrogens (tertiary/aromatic N) is 1. The molecular weight excluding hydrogens is 358 g/mol. The lowest BCUT2D eigenvalue weighted by Gasteiger charge is -2.31. The van der Waals surface area contributed by atoms with Crippen LogP contribution in [0.15, 0.2) is 47.1 Å². The van der Waals surface area contributed by atoms with Crippen molar-refractivity contribution in [1.29, 1.82) is 0 Å². The Morgan fingerprint density at radius 1 is 1.18 bits per heavy atom. The molecule has 2 N–H and O–H groups in total. The van der Waals surface area contributed by atoms with Gasteiger partial charge in [0.05, 0.1) is 6.26 Å². The minimum absolute atomic E-state index is 0.0753. The molecule has 1 atom stereocenters. The van der Waals surface area contributed by atoms with Crippen LogP contribution in [0.4, 0.5) is 5.69 Å². The summed E-state index contributed by atoms with van der Waals surface area (Å²) in [6, 6.07) is 9.82. The van der Waals surface area contributed by atoms with E-state index in [9.17, 15) is 14.4 Å². The molecule has 7 nitrogen and oxygen atoms in total. The van der Waals surface area contributed by atoms with Crippen molar-refractivity contribution >= 4 is 23.4 Å². The maximum atomic E-state index is 12.4. The minimum Gasteiger partial charge on any atom is -0.459 e. The van der Waals surface area contributed by atoms with Gasteiger partial charge in [-0.15, -0.1) is 0 Å². The molecular formula is C21H25N3O4. The van der Waals surface area contributed by atoms with Crippen LogP contribution in [0.5, 0.6) is 0 Å². The topological polar surface area (TPSA) is 91.7 Å². The van der Waals surface area contributed by atoms with Crippen LogP contribution in [0.1, 0.15) is 47.1 Å². The second kappa shape index (κ2) is 9.21. The van der Waals surface area contributed by atoms with Crippen molar-refractivity contribution in [2.24, 2.45) is 5.92 Å².